The molecule has 0 saturated heterocycles. The number of nitro groups is 2. The van der Waals surface area contributed by atoms with E-state index in [1.807, 2.05) is 0 Å². The second-order valence-corrected chi connectivity index (χ2v) is 4.15. The summed E-state index contributed by atoms with van der Waals surface area (Å²) >= 11 is 0. The van der Waals surface area contributed by atoms with Crippen LogP contribution < -0.4 is 0 Å². The van der Waals surface area contributed by atoms with E-state index in [9.17, 15) is 24.6 Å². The maximum absolute atomic E-state index is 13.2. The molecule has 0 unspecified atom stereocenters. The van der Waals surface area contributed by atoms with Crippen molar-refractivity contribution in [3.63, 3.8) is 0 Å². The number of benzene rings is 2. The third kappa shape index (κ3) is 3.47. The van der Waals surface area contributed by atoms with E-state index in [2.05, 4.69) is 0 Å². The van der Waals surface area contributed by atoms with E-state index in [1.54, 1.807) is 24.3 Å². The lowest BCUT2D eigenvalue weighted by Gasteiger charge is -1.97. The van der Waals surface area contributed by atoms with Crippen molar-refractivity contribution in [2.45, 2.75) is 0 Å². The quantitative estimate of drug-likeness (QED) is 0.486. The summed E-state index contributed by atoms with van der Waals surface area (Å²) in [7, 11) is 0. The molecule has 0 bridgehead atoms. The molecule has 0 N–H and O–H groups in total. The Bertz CT molecular complexity index is 726. The molecule has 0 heterocycles. The Kier molecular flexibility index (Phi) is 4.03. The molecule has 0 atom stereocenters. The average Bonchev–Trinajstić information content (AvgIpc) is 2.46. The molecule has 2 aromatic carbocycles. The predicted molar refractivity (Wildman–Crippen MR) is 75.1 cm³/mol. The van der Waals surface area contributed by atoms with Gasteiger partial charge in [0.25, 0.3) is 5.69 Å². The van der Waals surface area contributed by atoms with Gasteiger partial charge in [-0.2, -0.15) is 4.39 Å². The number of hydrogen-bond acceptors (Lipinski definition) is 4. The van der Waals surface area contributed by atoms with Gasteiger partial charge in [0.1, 0.15) is 0 Å². The van der Waals surface area contributed by atoms with Crippen molar-refractivity contribution in [1.82, 2.24) is 0 Å². The first-order valence-corrected chi connectivity index (χ1v) is 5.84. The summed E-state index contributed by atoms with van der Waals surface area (Å²) in [5.74, 6) is -0.896. The van der Waals surface area contributed by atoms with Gasteiger partial charge in [-0.3, -0.25) is 20.2 Å². The minimum Gasteiger partial charge on any atom is -0.258 e. The van der Waals surface area contributed by atoms with Crippen molar-refractivity contribution in [2.75, 3.05) is 0 Å². The maximum Gasteiger partial charge on any atom is 0.305 e. The van der Waals surface area contributed by atoms with Crippen molar-refractivity contribution >= 4 is 23.5 Å². The van der Waals surface area contributed by atoms with Gasteiger partial charge in [0.15, 0.2) is 0 Å². The highest BCUT2D eigenvalue weighted by molar-refractivity contribution is 5.71. The van der Waals surface area contributed by atoms with Crippen LogP contribution in [0.4, 0.5) is 15.8 Å². The first-order chi connectivity index (χ1) is 9.97. The first kappa shape index (κ1) is 14.3. The molecule has 21 heavy (non-hydrogen) atoms. The lowest BCUT2D eigenvalue weighted by molar-refractivity contribution is -0.387. The standard InChI is InChI=1S/C14H9FN2O4/c15-13-8-5-11(9-14(13)17(20)21)2-1-10-3-6-12(7-4-10)16(18)19/h1-9H/b2-1+. The third-order valence-corrected chi connectivity index (χ3v) is 2.74. The first-order valence-electron chi connectivity index (χ1n) is 5.84. The van der Waals surface area contributed by atoms with Crippen LogP contribution in [0, 0.1) is 26.0 Å². The molecule has 0 aliphatic rings. The van der Waals surface area contributed by atoms with Gasteiger partial charge in [0.05, 0.1) is 9.85 Å². The maximum atomic E-state index is 13.2. The Labute approximate surface area is 118 Å². The fourth-order valence-electron chi connectivity index (χ4n) is 1.67. The normalized spacial score (nSPS) is 10.7. The lowest BCUT2D eigenvalue weighted by Crippen LogP contribution is -1.92. The van der Waals surface area contributed by atoms with Gasteiger partial charge in [0, 0.05) is 18.2 Å². The van der Waals surface area contributed by atoms with Crippen LogP contribution in [-0.4, -0.2) is 9.85 Å². The molecule has 0 aliphatic carbocycles. The fraction of sp³-hybridized carbons (Fsp3) is 0. The molecule has 0 aromatic heterocycles. The molecule has 0 radical (unpaired) electrons. The van der Waals surface area contributed by atoms with Gasteiger partial charge in [0.2, 0.25) is 5.82 Å². The predicted octanol–water partition coefficient (Wildman–Crippen LogP) is 3.81. The van der Waals surface area contributed by atoms with E-state index in [0.717, 1.165) is 12.1 Å². The number of non-ortho nitro benzene ring substituents is 1. The van der Waals surface area contributed by atoms with Gasteiger partial charge < -0.3 is 0 Å². The molecule has 0 fully saturated rings. The number of halogens is 1. The van der Waals surface area contributed by atoms with Crippen LogP contribution in [-0.2, 0) is 0 Å². The van der Waals surface area contributed by atoms with Crippen molar-refractivity contribution < 1.29 is 14.2 Å². The van der Waals surface area contributed by atoms with Crippen molar-refractivity contribution in [2.24, 2.45) is 0 Å². The van der Waals surface area contributed by atoms with E-state index < -0.39 is 21.4 Å². The van der Waals surface area contributed by atoms with E-state index in [4.69, 9.17) is 0 Å². The largest absolute Gasteiger partial charge is 0.305 e. The molecule has 2 aromatic rings. The molecule has 6 nitrogen and oxygen atoms in total. The Morgan fingerprint density at radius 3 is 2.00 bits per heavy atom. The van der Waals surface area contributed by atoms with E-state index >= 15 is 0 Å². The second-order valence-electron chi connectivity index (χ2n) is 4.15. The van der Waals surface area contributed by atoms with Crippen LogP contribution >= 0.6 is 0 Å². The van der Waals surface area contributed by atoms with E-state index in [1.165, 1.54) is 18.2 Å². The number of nitro benzene ring substituents is 2. The van der Waals surface area contributed by atoms with Crippen molar-refractivity contribution in [3.8, 4) is 0 Å². The molecule has 0 spiro atoms. The third-order valence-electron chi connectivity index (χ3n) is 2.74. The van der Waals surface area contributed by atoms with Gasteiger partial charge in [-0.15, -0.1) is 0 Å². The lowest BCUT2D eigenvalue weighted by atomic mass is 10.1. The van der Waals surface area contributed by atoms with Gasteiger partial charge >= 0.3 is 5.69 Å². The summed E-state index contributed by atoms with van der Waals surface area (Å²) in [5.41, 5.74) is 0.527. The zero-order chi connectivity index (χ0) is 15.4. The molecule has 0 amide bonds. The molecule has 2 rings (SSSR count). The summed E-state index contributed by atoms with van der Waals surface area (Å²) in [5, 5.41) is 21.1. The zero-order valence-electron chi connectivity index (χ0n) is 10.6. The average molecular weight is 288 g/mol. The fourth-order valence-corrected chi connectivity index (χ4v) is 1.67. The van der Waals surface area contributed by atoms with E-state index in [-0.39, 0.29) is 5.69 Å². The minimum absolute atomic E-state index is 0.0235. The van der Waals surface area contributed by atoms with E-state index in [0.29, 0.717) is 11.1 Å². The molecular weight excluding hydrogens is 279 g/mol. The SMILES string of the molecule is O=[N+]([O-])c1ccc(/C=C/c2ccc(F)c([N+](=O)[O-])c2)cc1. The summed E-state index contributed by atoms with van der Waals surface area (Å²) in [6.07, 6.45) is 3.19. The van der Waals surface area contributed by atoms with Gasteiger partial charge in [-0.25, -0.2) is 0 Å². The molecule has 0 aliphatic heterocycles. The van der Waals surface area contributed by atoms with Crippen LogP contribution in [0.2, 0.25) is 0 Å². The van der Waals surface area contributed by atoms with Crippen LogP contribution in [0.1, 0.15) is 11.1 Å². The molecule has 106 valence electrons. The Morgan fingerprint density at radius 2 is 1.43 bits per heavy atom. The summed E-state index contributed by atoms with van der Waals surface area (Å²) in [6, 6.07) is 9.35. The van der Waals surface area contributed by atoms with Crippen LogP contribution in [0.15, 0.2) is 42.5 Å². The molecular formula is C14H9FN2O4. The van der Waals surface area contributed by atoms with Crippen molar-refractivity contribution in [3.05, 3.63) is 79.6 Å². The van der Waals surface area contributed by atoms with Crippen LogP contribution in [0.5, 0.6) is 0 Å². The minimum atomic E-state index is -0.896. The van der Waals surface area contributed by atoms with Crippen molar-refractivity contribution in [1.29, 1.82) is 0 Å². The van der Waals surface area contributed by atoms with Crippen LogP contribution in [0.25, 0.3) is 12.2 Å². The Balaban J connectivity index is 2.23. The number of hydrogen-bond donors (Lipinski definition) is 0. The smallest absolute Gasteiger partial charge is 0.258 e. The number of rotatable bonds is 4. The van der Waals surface area contributed by atoms with Gasteiger partial charge in [-0.05, 0) is 29.3 Å². The zero-order valence-corrected chi connectivity index (χ0v) is 10.6. The van der Waals surface area contributed by atoms with Crippen LogP contribution in [0.3, 0.4) is 0 Å². The highest BCUT2D eigenvalue weighted by Gasteiger charge is 2.13. The number of nitrogens with zero attached hydrogens (tertiary/aromatic N) is 2. The Morgan fingerprint density at radius 1 is 0.857 bits per heavy atom. The van der Waals surface area contributed by atoms with Gasteiger partial charge in [-0.1, -0.05) is 18.2 Å². The molecule has 0 saturated carbocycles. The Hall–Kier alpha value is -3.09. The highest BCUT2D eigenvalue weighted by atomic mass is 19.1. The monoisotopic (exact) mass is 288 g/mol. The topological polar surface area (TPSA) is 86.3 Å². The summed E-state index contributed by atoms with van der Waals surface area (Å²) in [6.45, 7) is 0. The highest BCUT2D eigenvalue weighted by Crippen LogP contribution is 2.20. The molecule has 7 heteroatoms. The second kappa shape index (κ2) is 5.91. The summed E-state index contributed by atoms with van der Waals surface area (Å²) in [4.78, 5) is 19.8. The summed E-state index contributed by atoms with van der Waals surface area (Å²) < 4.78 is 13.2.